The topological polar surface area (TPSA) is 69.3 Å². The van der Waals surface area contributed by atoms with Gasteiger partial charge in [-0.2, -0.15) is 0 Å². The SMILES string of the molecule is CCOC(=O)C1=C(C)Nc2nc3ccccc3n2C1c1ccc(C)o1. The van der Waals surface area contributed by atoms with Crippen molar-refractivity contribution in [3.63, 3.8) is 0 Å². The number of furan rings is 1. The molecule has 3 aromatic rings. The maximum Gasteiger partial charge on any atom is 0.338 e. The van der Waals surface area contributed by atoms with Gasteiger partial charge in [0.05, 0.1) is 23.2 Å². The molecule has 0 bridgehead atoms. The summed E-state index contributed by atoms with van der Waals surface area (Å²) in [4.78, 5) is 17.3. The molecule has 0 saturated carbocycles. The first kappa shape index (κ1) is 15.5. The molecular formula is C19H19N3O3. The Bertz CT molecular complexity index is 996. The van der Waals surface area contributed by atoms with Gasteiger partial charge in [-0.1, -0.05) is 12.1 Å². The molecule has 0 amide bonds. The van der Waals surface area contributed by atoms with Crippen LogP contribution in [0.5, 0.6) is 0 Å². The van der Waals surface area contributed by atoms with Crippen LogP contribution in [-0.4, -0.2) is 22.1 Å². The number of aromatic nitrogens is 2. The Morgan fingerprint density at radius 3 is 2.80 bits per heavy atom. The predicted molar refractivity (Wildman–Crippen MR) is 94.3 cm³/mol. The number of fused-ring (bicyclic) bond motifs is 3. The number of hydrogen-bond acceptors (Lipinski definition) is 5. The molecule has 4 rings (SSSR count). The highest BCUT2D eigenvalue weighted by Gasteiger charge is 2.36. The van der Waals surface area contributed by atoms with Crippen LogP contribution in [-0.2, 0) is 9.53 Å². The number of carbonyl (C=O) groups is 1. The van der Waals surface area contributed by atoms with E-state index >= 15 is 0 Å². The first-order chi connectivity index (χ1) is 12.1. The van der Waals surface area contributed by atoms with E-state index in [1.54, 1.807) is 6.92 Å². The monoisotopic (exact) mass is 337 g/mol. The summed E-state index contributed by atoms with van der Waals surface area (Å²) in [6.07, 6.45) is 0. The Morgan fingerprint density at radius 1 is 1.28 bits per heavy atom. The van der Waals surface area contributed by atoms with E-state index in [-0.39, 0.29) is 5.97 Å². The lowest BCUT2D eigenvalue weighted by molar-refractivity contribution is -0.139. The summed E-state index contributed by atoms with van der Waals surface area (Å²) in [5.41, 5.74) is 3.04. The number of rotatable bonds is 3. The van der Waals surface area contributed by atoms with Crippen molar-refractivity contribution in [1.29, 1.82) is 0 Å². The standard InChI is InChI=1S/C19H19N3O3/c1-4-24-18(23)16-12(3)20-19-21-13-7-5-6-8-14(13)22(19)17(16)15-10-9-11(2)25-15/h5-10,17H,4H2,1-3H3,(H,20,21). The first-order valence-electron chi connectivity index (χ1n) is 8.28. The third-order valence-electron chi connectivity index (χ3n) is 4.36. The number of carbonyl (C=O) groups excluding carboxylic acids is 1. The van der Waals surface area contributed by atoms with Crippen molar-refractivity contribution in [2.24, 2.45) is 0 Å². The molecule has 0 aliphatic carbocycles. The molecule has 1 N–H and O–H groups in total. The van der Waals surface area contributed by atoms with Gasteiger partial charge in [0.1, 0.15) is 17.6 Å². The molecule has 25 heavy (non-hydrogen) atoms. The van der Waals surface area contributed by atoms with Crippen LogP contribution < -0.4 is 5.32 Å². The number of benzene rings is 1. The third kappa shape index (κ3) is 2.41. The van der Waals surface area contributed by atoms with E-state index in [1.807, 2.05) is 54.8 Å². The fourth-order valence-corrected chi connectivity index (χ4v) is 3.31. The van der Waals surface area contributed by atoms with E-state index in [1.165, 1.54) is 0 Å². The molecule has 0 spiro atoms. The van der Waals surface area contributed by atoms with Crippen LogP contribution in [0.2, 0.25) is 0 Å². The lowest BCUT2D eigenvalue weighted by Gasteiger charge is -2.28. The highest BCUT2D eigenvalue weighted by Crippen LogP contribution is 2.39. The Hall–Kier alpha value is -3.02. The van der Waals surface area contributed by atoms with E-state index in [0.717, 1.165) is 22.5 Å². The molecule has 3 heterocycles. The number of ether oxygens (including phenoxy) is 1. The Kier molecular flexibility index (Phi) is 3.60. The number of nitrogens with zero attached hydrogens (tertiary/aromatic N) is 2. The highest BCUT2D eigenvalue weighted by molar-refractivity contribution is 5.93. The second-order valence-corrected chi connectivity index (χ2v) is 6.03. The zero-order valence-corrected chi connectivity index (χ0v) is 14.4. The number of imidazole rings is 1. The fourth-order valence-electron chi connectivity index (χ4n) is 3.31. The van der Waals surface area contributed by atoms with Gasteiger partial charge in [-0.3, -0.25) is 4.57 Å². The summed E-state index contributed by atoms with van der Waals surface area (Å²) in [6, 6.07) is 11.2. The van der Waals surface area contributed by atoms with Crippen molar-refractivity contribution in [3.05, 3.63) is 59.2 Å². The Morgan fingerprint density at radius 2 is 2.08 bits per heavy atom. The van der Waals surface area contributed by atoms with Crippen molar-refractivity contribution in [3.8, 4) is 0 Å². The van der Waals surface area contributed by atoms with Crippen LogP contribution in [0, 0.1) is 6.92 Å². The molecule has 6 nitrogen and oxygen atoms in total. The molecule has 1 aliphatic rings. The number of aryl methyl sites for hydroxylation is 1. The van der Waals surface area contributed by atoms with Crippen molar-refractivity contribution in [1.82, 2.24) is 9.55 Å². The van der Waals surface area contributed by atoms with Crippen molar-refractivity contribution >= 4 is 23.0 Å². The van der Waals surface area contributed by atoms with Crippen LogP contribution in [0.1, 0.15) is 31.4 Å². The average Bonchev–Trinajstić information content (AvgIpc) is 3.16. The second-order valence-electron chi connectivity index (χ2n) is 6.03. The summed E-state index contributed by atoms with van der Waals surface area (Å²) in [6.45, 7) is 5.86. The highest BCUT2D eigenvalue weighted by atomic mass is 16.5. The molecule has 0 radical (unpaired) electrons. The molecule has 0 fully saturated rings. The summed E-state index contributed by atoms with van der Waals surface area (Å²) >= 11 is 0. The van der Waals surface area contributed by atoms with Gasteiger partial charge in [0.15, 0.2) is 0 Å². The summed E-state index contributed by atoms with van der Waals surface area (Å²) in [5.74, 6) is 1.81. The molecule has 1 aliphatic heterocycles. The smallest absolute Gasteiger partial charge is 0.338 e. The van der Waals surface area contributed by atoms with Crippen molar-refractivity contribution < 1.29 is 13.9 Å². The van der Waals surface area contributed by atoms with Gasteiger partial charge in [0.25, 0.3) is 0 Å². The molecule has 1 aromatic carbocycles. The molecule has 128 valence electrons. The van der Waals surface area contributed by atoms with Gasteiger partial charge in [-0.15, -0.1) is 0 Å². The van der Waals surface area contributed by atoms with E-state index in [0.29, 0.717) is 23.9 Å². The average molecular weight is 337 g/mol. The maximum absolute atomic E-state index is 12.7. The molecule has 6 heteroatoms. The minimum Gasteiger partial charge on any atom is -0.464 e. The number of anilines is 1. The zero-order valence-electron chi connectivity index (χ0n) is 14.4. The number of nitrogens with one attached hydrogen (secondary N) is 1. The number of para-hydroxylation sites is 2. The van der Waals surface area contributed by atoms with Gasteiger partial charge in [0.2, 0.25) is 5.95 Å². The van der Waals surface area contributed by atoms with Gasteiger partial charge in [-0.05, 0) is 45.0 Å². The molecule has 1 atom stereocenters. The molecule has 1 unspecified atom stereocenters. The summed E-state index contributed by atoms with van der Waals surface area (Å²) in [7, 11) is 0. The van der Waals surface area contributed by atoms with Crippen LogP contribution in [0.3, 0.4) is 0 Å². The molecule has 2 aromatic heterocycles. The van der Waals surface area contributed by atoms with Gasteiger partial charge in [0, 0.05) is 5.70 Å². The predicted octanol–water partition coefficient (Wildman–Crippen LogP) is 3.79. The maximum atomic E-state index is 12.7. The van der Waals surface area contributed by atoms with E-state index in [9.17, 15) is 4.79 Å². The Labute approximate surface area is 145 Å². The quantitative estimate of drug-likeness (QED) is 0.736. The van der Waals surface area contributed by atoms with E-state index in [2.05, 4.69) is 10.3 Å². The Balaban J connectivity index is 1.97. The van der Waals surface area contributed by atoms with Crippen LogP contribution in [0.15, 0.2) is 52.1 Å². The normalized spacial score (nSPS) is 16.7. The van der Waals surface area contributed by atoms with Crippen LogP contribution >= 0.6 is 0 Å². The lowest BCUT2D eigenvalue weighted by atomic mass is 10.0. The number of hydrogen-bond donors (Lipinski definition) is 1. The largest absolute Gasteiger partial charge is 0.464 e. The van der Waals surface area contributed by atoms with Gasteiger partial charge >= 0.3 is 5.97 Å². The van der Waals surface area contributed by atoms with E-state index in [4.69, 9.17) is 9.15 Å². The lowest BCUT2D eigenvalue weighted by Crippen LogP contribution is -2.28. The minimum atomic E-state index is -0.420. The number of allylic oxidation sites excluding steroid dienone is 1. The van der Waals surface area contributed by atoms with E-state index < -0.39 is 6.04 Å². The first-order valence-corrected chi connectivity index (χ1v) is 8.28. The van der Waals surface area contributed by atoms with Crippen LogP contribution in [0.25, 0.3) is 11.0 Å². The number of esters is 1. The summed E-state index contributed by atoms with van der Waals surface area (Å²) < 4.78 is 13.2. The van der Waals surface area contributed by atoms with Gasteiger partial charge < -0.3 is 14.5 Å². The molecule has 0 saturated heterocycles. The zero-order chi connectivity index (χ0) is 17.6. The van der Waals surface area contributed by atoms with Crippen LogP contribution in [0.4, 0.5) is 5.95 Å². The molecular weight excluding hydrogens is 318 g/mol. The second kappa shape index (κ2) is 5.81. The fraction of sp³-hybridized carbons (Fsp3) is 0.263. The van der Waals surface area contributed by atoms with Gasteiger partial charge in [-0.25, -0.2) is 9.78 Å². The summed E-state index contributed by atoms with van der Waals surface area (Å²) in [5, 5.41) is 3.23. The third-order valence-corrected chi connectivity index (χ3v) is 4.36. The van der Waals surface area contributed by atoms with Crippen molar-refractivity contribution in [2.45, 2.75) is 26.8 Å². The van der Waals surface area contributed by atoms with Crippen molar-refractivity contribution in [2.75, 3.05) is 11.9 Å². The minimum absolute atomic E-state index is 0.317.